The van der Waals surface area contributed by atoms with Crippen LogP contribution in [0, 0.1) is 96.9 Å². The van der Waals surface area contributed by atoms with E-state index in [0.29, 0.717) is 41.2 Å². The molecule has 132 heavy (non-hydrogen) atoms. The Labute approximate surface area is 755 Å². The molecule has 0 bridgehead atoms. The molecular weight excluding hydrogens is 1670 g/mol. The van der Waals surface area contributed by atoms with E-state index in [1.165, 1.54) is 38.7 Å². The van der Waals surface area contributed by atoms with Crippen molar-refractivity contribution >= 4 is 99.4 Å². The molecule has 664 valence electrons. The highest BCUT2D eigenvalue weighted by Gasteiger charge is 2.59. The maximum Gasteiger partial charge on any atom is 0.295 e. The molecule has 0 spiro atoms. The fourth-order valence-corrected chi connectivity index (χ4v) is 19.2. The van der Waals surface area contributed by atoms with Crippen molar-refractivity contribution < 1.29 is 40.2 Å². The van der Waals surface area contributed by atoms with Gasteiger partial charge in [-0.1, -0.05) is 74.3 Å². The summed E-state index contributed by atoms with van der Waals surface area (Å²) in [5.41, 5.74) is 42.0. The molecule has 1 atom stereocenters. The van der Waals surface area contributed by atoms with E-state index in [9.17, 15) is 17.6 Å². The summed E-state index contributed by atoms with van der Waals surface area (Å²) < 4.78 is 82.6. The van der Waals surface area contributed by atoms with Gasteiger partial charge in [-0.15, -0.1) is 0 Å². The van der Waals surface area contributed by atoms with E-state index in [1.807, 2.05) is 140 Å². The summed E-state index contributed by atoms with van der Waals surface area (Å²) in [5, 5.41) is 24.0. The molecule has 5 N–H and O–H groups in total. The van der Waals surface area contributed by atoms with Gasteiger partial charge in [0.25, 0.3) is 12.3 Å². The first-order valence-corrected chi connectivity index (χ1v) is 43.6. The van der Waals surface area contributed by atoms with E-state index in [-0.39, 0.29) is 12.2 Å². The van der Waals surface area contributed by atoms with Gasteiger partial charge in [-0.3, -0.25) is 15.0 Å². The predicted molar refractivity (Wildman–Crippen MR) is 511 cm³/mol. The molecule has 8 aromatic carbocycles. The lowest BCUT2D eigenvalue weighted by Crippen LogP contribution is -1.97. The van der Waals surface area contributed by atoms with Crippen molar-refractivity contribution in [3.63, 3.8) is 0 Å². The number of benzene rings is 8. The highest BCUT2D eigenvalue weighted by atomic mass is 19.3. The summed E-state index contributed by atoms with van der Waals surface area (Å²) in [6.45, 7) is 36.9. The second-order valence-corrected chi connectivity index (χ2v) is 34.7. The van der Waals surface area contributed by atoms with Crippen LogP contribution in [0.15, 0.2) is 196 Å². The van der Waals surface area contributed by atoms with Crippen LogP contribution in [0.25, 0.3) is 177 Å². The van der Waals surface area contributed by atoms with Crippen molar-refractivity contribution in [2.24, 2.45) is 17.0 Å². The second-order valence-electron chi connectivity index (χ2n) is 34.7. The molecule has 20 aromatic rings. The third kappa shape index (κ3) is 15.4. The average Bonchev–Trinajstić information content (AvgIpc) is 1.56. The van der Waals surface area contributed by atoms with Gasteiger partial charge in [-0.2, -0.15) is 0 Å². The van der Waals surface area contributed by atoms with Gasteiger partial charge >= 0.3 is 0 Å². The van der Waals surface area contributed by atoms with Crippen molar-refractivity contribution in [3.8, 4) is 89.1 Å². The van der Waals surface area contributed by atoms with Crippen LogP contribution in [-0.2, 0) is 7.05 Å². The van der Waals surface area contributed by atoms with E-state index >= 15 is 0 Å². The van der Waals surface area contributed by atoms with Gasteiger partial charge < -0.3 is 52.1 Å². The molecular formula is C104H95F4N19O5. The fraction of sp³-hybridized carbons (Fsp3) is 0.240. The highest BCUT2D eigenvalue weighted by molar-refractivity contribution is 6.29. The Balaban J connectivity index is 0.000000107. The van der Waals surface area contributed by atoms with Crippen LogP contribution < -0.4 is 0 Å². The number of aromatic amines is 5. The number of fused-ring (bicyclic) bond motifs is 7. The minimum atomic E-state index is -2.67. The number of hydrogen-bond acceptors (Lipinski definition) is 18. The monoisotopic (exact) mass is 1770 g/mol. The summed E-state index contributed by atoms with van der Waals surface area (Å²) in [6.07, 6.45) is 4.57. The third-order valence-electron chi connectivity index (χ3n) is 25.4. The molecule has 24 nitrogen and oxygen atoms in total. The summed E-state index contributed by atoms with van der Waals surface area (Å²) in [5.74, 6) is 1.30. The van der Waals surface area contributed by atoms with Crippen LogP contribution in [0.1, 0.15) is 149 Å². The molecule has 1 saturated carbocycles. The average molecular weight is 1770 g/mol. The predicted octanol–water partition coefficient (Wildman–Crippen LogP) is 26.0. The minimum absolute atomic E-state index is 0.152. The van der Waals surface area contributed by atoms with Crippen molar-refractivity contribution in [1.82, 2.24) is 85.2 Å². The van der Waals surface area contributed by atoms with E-state index in [1.54, 1.807) is 12.7 Å². The summed E-state index contributed by atoms with van der Waals surface area (Å²) >= 11 is 0. The van der Waals surface area contributed by atoms with E-state index in [4.69, 9.17) is 27.6 Å². The van der Waals surface area contributed by atoms with E-state index < -0.39 is 18.3 Å². The second kappa shape index (κ2) is 33.6. The lowest BCUT2D eigenvalue weighted by molar-refractivity contribution is 0.111. The fourth-order valence-electron chi connectivity index (χ4n) is 19.2. The van der Waals surface area contributed by atoms with E-state index in [0.717, 1.165) is 230 Å². The molecule has 1 unspecified atom stereocenters. The van der Waals surface area contributed by atoms with Crippen molar-refractivity contribution in [3.05, 3.63) is 266 Å². The Morgan fingerprint density at radius 2 is 0.818 bits per heavy atom. The minimum Gasteiger partial charge on any atom is -0.361 e. The number of aryl methyl sites for hydroxylation is 15. The van der Waals surface area contributed by atoms with Crippen molar-refractivity contribution in [1.29, 1.82) is 0 Å². The maximum atomic E-state index is 13.6. The number of aliphatic imine (C=N–C) groups is 2. The van der Waals surface area contributed by atoms with Crippen molar-refractivity contribution in [2.75, 3.05) is 13.1 Å². The number of hydrogen-bond donors (Lipinski definition) is 5. The van der Waals surface area contributed by atoms with E-state index in [2.05, 4.69) is 221 Å². The standard InChI is InChI=1S/C24H21N3O.C22H18N4O.C21H20F2N4O.C19H18F2N4O.C18H18N4O/c1-13-9-10-17-7-5-6-8-19(17)22(13)20-11-18(23-14(2)27-28-15(23)3)12-21-24(20)26-16(4)25-21;1-12-6-7-18-16(5-4-8-23-18)20(12)17-9-15(10-19-22(17)25-11-24-19)21-13(2)26-27-14(21)3;1-9-8-24-10(2)17(9)14-5-13(18-11(3)27-28-12(18)4)6-16-19(14)26-20(25-16)15-7-21(15,22)23;1-8-7-22-9(2)15(8)13-5-12(16-10(3)25-26-11(16)4)6-14-17(13)24-19(23-14)18(20)21;1-10-5-6-22(4)18(10)14-7-13(8-15-17(14)20-9-19-15)16-11(2)21-23-12(16)3/h5-12H,1-4H3,(H,25,26);4-11H,1-3H3,(H,24,25);5-6,15H,7-8H2,1-4H3,(H,25,26);5-6,18H,7H2,1-4H3,(H,23,24);5-9H,1-4H3,(H,19,20). The number of aromatic nitrogens is 17. The zero-order valence-corrected chi connectivity index (χ0v) is 76.5. The molecule has 0 saturated heterocycles. The zero-order chi connectivity index (χ0) is 92.5. The Hall–Kier alpha value is -15.4. The van der Waals surface area contributed by atoms with Gasteiger partial charge in [-0.05, 0) is 281 Å². The Bertz CT molecular complexity index is 8060. The Morgan fingerprint density at radius 1 is 0.402 bits per heavy atom. The number of pyridine rings is 1. The summed E-state index contributed by atoms with van der Waals surface area (Å²) in [6, 6.07) is 44.0. The van der Waals surface area contributed by atoms with Crippen molar-refractivity contribution in [2.45, 2.75) is 149 Å². The van der Waals surface area contributed by atoms with Gasteiger partial charge in [-0.25, -0.2) is 42.5 Å². The van der Waals surface area contributed by atoms with Crippen LogP contribution in [0.4, 0.5) is 17.6 Å². The van der Waals surface area contributed by atoms with Gasteiger partial charge in [0.2, 0.25) is 0 Å². The first-order valence-electron chi connectivity index (χ1n) is 43.6. The quantitative estimate of drug-likeness (QED) is 0.0710. The van der Waals surface area contributed by atoms with Crippen LogP contribution in [0.5, 0.6) is 0 Å². The van der Waals surface area contributed by atoms with Crippen LogP contribution in [0.3, 0.4) is 0 Å². The zero-order valence-electron chi connectivity index (χ0n) is 76.5. The largest absolute Gasteiger partial charge is 0.361 e. The number of nitrogens with one attached hydrogen (secondary N) is 5. The lowest BCUT2D eigenvalue weighted by atomic mass is 9.90. The topological polar surface area (TPSA) is 316 Å². The maximum absolute atomic E-state index is 13.6. The number of alkyl halides is 4. The SMILES string of the molecule is CC1=NCC(C)=C1c1cc(-c2c(C)noc2C)cc2[nH]c(C(F)F)nc12.CC1=NCC(C)=C1c1cc(-c2c(C)noc2C)cc2[nH]c(C3CC3(F)F)nc12.Cc1ccc2ncccc2c1-c1cc(-c2c(C)noc2C)cc2[nH]cnc12.Cc1ccn(C)c1-c1cc(-c2c(C)noc2C)cc2[nH]cnc12.Cc1nc2c(-c3c(C)ccc4ccccc34)cc(-c3c(C)noc3C)cc2[nH]1. The lowest BCUT2D eigenvalue weighted by Gasteiger charge is -2.13. The number of H-pyrrole nitrogens is 5. The number of allylic oxidation sites excluding steroid dienone is 2. The van der Waals surface area contributed by atoms with Gasteiger partial charge in [0.15, 0.2) is 5.82 Å². The first kappa shape index (κ1) is 86.1. The normalized spacial score (nSPS) is 14.2. The van der Waals surface area contributed by atoms with Gasteiger partial charge in [0.05, 0.1) is 127 Å². The number of rotatable bonds is 12. The molecule has 3 aliphatic rings. The number of halogens is 4. The molecule has 1 fully saturated rings. The Morgan fingerprint density at radius 3 is 1.27 bits per heavy atom. The number of nitrogens with zero attached hydrogens (tertiary/aromatic N) is 14. The molecule has 28 heteroatoms. The third-order valence-corrected chi connectivity index (χ3v) is 25.4. The summed E-state index contributed by atoms with van der Waals surface area (Å²) in [4.78, 5) is 52.0. The molecule has 0 amide bonds. The first-order chi connectivity index (χ1) is 63.3. The van der Waals surface area contributed by atoms with Crippen LogP contribution in [-0.4, -0.2) is 116 Å². The molecule has 0 radical (unpaired) electrons. The van der Waals surface area contributed by atoms with Crippen LogP contribution in [0.2, 0.25) is 0 Å². The molecule has 2 aliphatic heterocycles. The highest BCUT2D eigenvalue weighted by Crippen LogP contribution is 2.56. The summed E-state index contributed by atoms with van der Waals surface area (Å²) in [7, 11) is 2.06. The van der Waals surface area contributed by atoms with Gasteiger partial charge in [0, 0.05) is 109 Å². The smallest absolute Gasteiger partial charge is 0.295 e. The molecule has 14 heterocycles. The Kier molecular flexibility index (Phi) is 21.9. The molecule has 1 aliphatic carbocycles. The number of imidazole rings is 5. The molecule has 12 aromatic heterocycles. The van der Waals surface area contributed by atoms with Gasteiger partial charge in [0.1, 0.15) is 40.5 Å². The molecule has 23 rings (SSSR count). The van der Waals surface area contributed by atoms with Crippen LogP contribution >= 0.6 is 0 Å².